The summed E-state index contributed by atoms with van der Waals surface area (Å²) in [5.74, 6) is -0.495. The highest BCUT2D eigenvalue weighted by molar-refractivity contribution is 5.93. The molecule has 1 aromatic heterocycles. The quantitative estimate of drug-likeness (QED) is 0.774. The number of carbonyl (C=O) groups excluding carboxylic acids is 2. The first kappa shape index (κ1) is 14.5. The second-order valence-electron chi connectivity index (χ2n) is 4.86. The van der Waals surface area contributed by atoms with Gasteiger partial charge in [0.15, 0.2) is 5.69 Å². The number of aromatic nitrogens is 2. The normalized spacial score (nSPS) is 18.9. The molecule has 0 unspecified atom stereocenters. The molecule has 20 heavy (non-hydrogen) atoms. The van der Waals surface area contributed by atoms with Crippen molar-refractivity contribution in [3.63, 3.8) is 0 Å². The fourth-order valence-corrected chi connectivity index (χ4v) is 2.45. The minimum absolute atomic E-state index is 0.133. The van der Waals surface area contributed by atoms with Crippen molar-refractivity contribution in [3.05, 3.63) is 11.4 Å². The monoisotopic (exact) mass is 281 g/mol. The Hall–Kier alpha value is -1.92. The first-order chi connectivity index (χ1) is 9.63. The number of esters is 1. The number of piperidine rings is 1. The highest BCUT2D eigenvalue weighted by Gasteiger charge is 2.32. The molecule has 0 N–H and O–H groups in total. The van der Waals surface area contributed by atoms with Crippen molar-refractivity contribution in [2.45, 2.75) is 45.6 Å². The highest BCUT2D eigenvalue weighted by Crippen LogP contribution is 2.22. The van der Waals surface area contributed by atoms with Gasteiger partial charge in [-0.3, -0.25) is 9.59 Å². The Bertz CT molecular complexity index is 486. The Morgan fingerprint density at radius 3 is 2.85 bits per heavy atom. The third kappa shape index (κ3) is 3.15. The van der Waals surface area contributed by atoms with Crippen LogP contribution in [0.5, 0.6) is 0 Å². The third-order valence-electron chi connectivity index (χ3n) is 3.45. The second kappa shape index (κ2) is 6.49. The van der Waals surface area contributed by atoms with Crippen LogP contribution in [0.1, 0.15) is 48.8 Å². The van der Waals surface area contributed by atoms with Gasteiger partial charge in [0.1, 0.15) is 5.69 Å². The minimum atomic E-state index is -0.271. The molecule has 0 radical (unpaired) electrons. The van der Waals surface area contributed by atoms with Crippen LogP contribution >= 0.6 is 0 Å². The van der Waals surface area contributed by atoms with Gasteiger partial charge in [0.25, 0.3) is 5.91 Å². The first-order valence-corrected chi connectivity index (χ1v) is 6.89. The van der Waals surface area contributed by atoms with E-state index < -0.39 is 0 Å². The van der Waals surface area contributed by atoms with E-state index >= 15 is 0 Å². The lowest BCUT2D eigenvalue weighted by molar-refractivity contribution is -0.144. The number of hydrogen-bond donors (Lipinski definition) is 0. The van der Waals surface area contributed by atoms with E-state index in [2.05, 4.69) is 14.9 Å². The summed E-state index contributed by atoms with van der Waals surface area (Å²) < 4.78 is 9.54. The molecule has 1 fully saturated rings. The summed E-state index contributed by atoms with van der Waals surface area (Å²) in [6, 6.07) is -0.133. The van der Waals surface area contributed by atoms with Crippen molar-refractivity contribution in [3.8, 4) is 0 Å². The maximum atomic E-state index is 12.4. The standard InChI is InChI=1S/C13H19N3O4/c1-3-19-11(17)8-10-6-4-5-7-16(10)13(18)12-9(2)14-20-15-12/h10H,3-8H2,1-2H3/t10-/m1/s1. The molecule has 1 atom stereocenters. The lowest BCUT2D eigenvalue weighted by Gasteiger charge is -2.34. The van der Waals surface area contributed by atoms with Crippen LogP contribution in [0.25, 0.3) is 0 Å². The van der Waals surface area contributed by atoms with E-state index in [0.717, 1.165) is 19.3 Å². The van der Waals surface area contributed by atoms with E-state index in [1.165, 1.54) is 0 Å². The van der Waals surface area contributed by atoms with Crippen molar-refractivity contribution < 1.29 is 19.0 Å². The Morgan fingerprint density at radius 1 is 1.40 bits per heavy atom. The van der Waals surface area contributed by atoms with E-state index in [4.69, 9.17) is 4.74 Å². The molecule has 1 aliphatic rings. The molecule has 1 aromatic rings. The Balaban J connectivity index is 2.08. The molecule has 0 aromatic carbocycles. The lowest BCUT2D eigenvalue weighted by atomic mass is 9.98. The Kier molecular flexibility index (Phi) is 4.70. The van der Waals surface area contributed by atoms with E-state index in [9.17, 15) is 9.59 Å². The summed E-state index contributed by atoms with van der Waals surface area (Å²) in [5, 5.41) is 7.27. The summed E-state index contributed by atoms with van der Waals surface area (Å²) in [4.78, 5) is 25.8. The fraction of sp³-hybridized carbons (Fsp3) is 0.692. The molecule has 1 saturated heterocycles. The van der Waals surface area contributed by atoms with E-state index in [1.807, 2.05) is 0 Å². The summed E-state index contributed by atoms with van der Waals surface area (Å²) in [6.07, 6.45) is 2.96. The van der Waals surface area contributed by atoms with Crippen LogP contribution in [-0.4, -0.2) is 46.3 Å². The molecule has 110 valence electrons. The number of hydrogen-bond acceptors (Lipinski definition) is 6. The Morgan fingerprint density at radius 2 is 2.20 bits per heavy atom. The van der Waals surface area contributed by atoms with Crippen molar-refractivity contribution in [2.24, 2.45) is 0 Å². The number of aryl methyl sites for hydroxylation is 1. The van der Waals surface area contributed by atoms with Gasteiger partial charge in [0.2, 0.25) is 0 Å². The zero-order valence-corrected chi connectivity index (χ0v) is 11.8. The van der Waals surface area contributed by atoms with Crippen LogP contribution in [-0.2, 0) is 9.53 Å². The number of likely N-dealkylation sites (tertiary alicyclic amines) is 1. The van der Waals surface area contributed by atoms with E-state index in [1.54, 1.807) is 18.7 Å². The number of rotatable bonds is 4. The van der Waals surface area contributed by atoms with Crippen LogP contribution < -0.4 is 0 Å². The van der Waals surface area contributed by atoms with Crippen LogP contribution in [0.4, 0.5) is 0 Å². The number of nitrogens with zero attached hydrogens (tertiary/aromatic N) is 3. The average Bonchev–Trinajstić information content (AvgIpc) is 2.85. The topological polar surface area (TPSA) is 85.5 Å². The van der Waals surface area contributed by atoms with Crippen LogP contribution in [0.2, 0.25) is 0 Å². The zero-order valence-electron chi connectivity index (χ0n) is 11.8. The molecule has 7 nitrogen and oxygen atoms in total. The highest BCUT2D eigenvalue weighted by atomic mass is 16.6. The molecule has 1 aliphatic heterocycles. The molecule has 2 heterocycles. The smallest absolute Gasteiger partial charge is 0.307 e. The molecular weight excluding hydrogens is 262 g/mol. The SMILES string of the molecule is CCOC(=O)C[C@H]1CCCCN1C(=O)c1nonc1C. The van der Waals surface area contributed by atoms with Crippen molar-refractivity contribution >= 4 is 11.9 Å². The van der Waals surface area contributed by atoms with Crippen LogP contribution in [0.3, 0.4) is 0 Å². The predicted molar refractivity (Wildman–Crippen MR) is 69.0 cm³/mol. The summed E-state index contributed by atoms with van der Waals surface area (Å²) >= 11 is 0. The first-order valence-electron chi connectivity index (χ1n) is 6.89. The van der Waals surface area contributed by atoms with Gasteiger partial charge in [-0.25, -0.2) is 4.63 Å². The predicted octanol–water partition coefficient (Wildman–Crippen LogP) is 1.33. The van der Waals surface area contributed by atoms with Gasteiger partial charge in [-0.05, 0) is 38.3 Å². The van der Waals surface area contributed by atoms with Crippen LogP contribution in [0.15, 0.2) is 4.63 Å². The lowest BCUT2D eigenvalue weighted by Crippen LogP contribution is -2.45. The third-order valence-corrected chi connectivity index (χ3v) is 3.45. The second-order valence-corrected chi connectivity index (χ2v) is 4.86. The van der Waals surface area contributed by atoms with Gasteiger partial charge in [0, 0.05) is 12.6 Å². The summed E-state index contributed by atoms with van der Waals surface area (Å²) in [6.45, 7) is 4.42. The zero-order chi connectivity index (χ0) is 14.5. The number of ether oxygens (including phenoxy) is 1. The number of amides is 1. The Labute approximate surface area is 117 Å². The molecule has 0 bridgehead atoms. The van der Waals surface area contributed by atoms with Gasteiger partial charge in [0.05, 0.1) is 13.0 Å². The van der Waals surface area contributed by atoms with Gasteiger partial charge < -0.3 is 9.64 Å². The van der Waals surface area contributed by atoms with Gasteiger partial charge in [-0.2, -0.15) is 0 Å². The van der Waals surface area contributed by atoms with Gasteiger partial charge in [-0.1, -0.05) is 5.16 Å². The van der Waals surface area contributed by atoms with Crippen LogP contribution in [0, 0.1) is 6.92 Å². The fourth-order valence-electron chi connectivity index (χ4n) is 2.45. The largest absolute Gasteiger partial charge is 0.466 e. The maximum absolute atomic E-state index is 12.4. The molecular formula is C13H19N3O4. The molecule has 0 spiro atoms. The molecule has 0 saturated carbocycles. The van der Waals surface area contributed by atoms with Gasteiger partial charge in [-0.15, -0.1) is 0 Å². The number of carbonyl (C=O) groups is 2. The molecule has 7 heteroatoms. The van der Waals surface area contributed by atoms with Crippen molar-refractivity contribution in [2.75, 3.05) is 13.2 Å². The maximum Gasteiger partial charge on any atom is 0.307 e. The summed E-state index contributed by atoms with van der Waals surface area (Å²) in [7, 11) is 0. The van der Waals surface area contributed by atoms with Crippen molar-refractivity contribution in [1.82, 2.24) is 15.2 Å². The molecule has 2 rings (SSSR count). The average molecular weight is 281 g/mol. The molecule has 0 aliphatic carbocycles. The van der Waals surface area contributed by atoms with E-state index in [-0.39, 0.29) is 30.0 Å². The molecule has 1 amide bonds. The van der Waals surface area contributed by atoms with Crippen molar-refractivity contribution in [1.29, 1.82) is 0 Å². The van der Waals surface area contributed by atoms with E-state index in [0.29, 0.717) is 18.8 Å². The van der Waals surface area contributed by atoms with Gasteiger partial charge >= 0.3 is 5.97 Å². The minimum Gasteiger partial charge on any atom is -0.466 e. The summed E-state index contributed by atoms with van der Waals surface area (Å²) in [5.41, 5.74) is 0.691.